The molecule has 0 aliphatic carbocycles. The molecule has 9 nitrogen and oxygen atoms in total. The minimum absolute atomic E-state index is 0.100. The first kappa shape index (κ1) is 20.6. The lowest BCUT2D eigenvalue weighted by Crippen LogP contribution is -2.55. The number of H-pyrrole nitrogens is 1. The largest absolute Gasteiger partial charge is 0.371 e. The number of piperidine rings is 1. The minimum Gasteiger partial charge on any atom is -0.371 e. The first-order valence-electron chi connectivity index (χ1n) is 11.1. The van der Waals surface area contributed by atoms with Gasteiger partial charge in [0.15, 0.2) is 0 Å². The molecule has 3 aliphatic rings. The maximum absolute atomic E-state index is 13.3. The standard InChI is InChI=1S/C23H25N5O4S/c29-21-14-27(33(30,31)20-13-17-3-1-2-4-19(17)25-20)15-22-28(21)16-23(32-22)7-11-26(12-8-23)18-5-9-24-10-6-18/h1-6,9-10,13,22,25H,7-8,11-12,14-16H2. The fourth-order valence-electron chi connectivity index (χ4n) is 5.18. The molecule has 0 saturated carbocycles. The number of fused-ring (bicyclic) bond motifs is 2. The van der Waals surface area contributed by atoms with E-state index in [0.717, 1.165) is 42.5 Å². The van der Waals surface area contributed by atoms with Crippen LogP contribution in [0.3, 0.4) is 0 Å². The summed E-state index contributed by atoms with van der Waals surface area (Å²) in [6.07, 6.45) is 4.58. The van der Waals surface area contributed by atoms with Crippen molar-refractivity contribution in [2.24, 2.45) is 0 Å². The Kier molecular flexibility index (Phi) is 4.72. The molecule has 1 atom stereocenters. The van der Waals surface area contributed by atoms with E-state index in [1.54, 1.807) is 23.4 Å². The maximum Gasteiger partial charge on any atom is 0.259 e. The summed E-state index contributed by atoms with van der Waals surface area (Å²) in [4.78, 5) is 24.0. The fraction of sp³-hybridized carbons (Fsp3) is 0.391. The number of aromatic nitrogens is 2. The molecule has 2 aromatic heterocycles. The quantitative estimate of drug-likeness (QED) is 0.631. The van der Waals surface area contributed by atoms with Crippen molar-refractivity contribution in [2.45, 2.75) is 29.7 Å². The van der Waals surface area contributed by atoms with E-state index in [2.05, 4.69) is 14.9 Å². The number of pyridine rings is 1. The summed E-state index contributed by atoms with van der Waals surface area (Å²) < 4.78 is 34.3. The summed E-state index contributed by atoms with van der Waals surface area (Å²) in [5.41, 5.74) is 1.45. The summed E-state index contributed by atoms with van der Waals surface area (Å²) in [7, 11) is -3.85. The van der Waals surface area contributed by atoms with E-state index in [-0.39, 0.29) is 24.0 Å². The molecular formula is C23H25N5O4S. The van der Waals surface area contributed by atoms with E-state index in [4.69, 9.17) is 4.74 Å². The number of anilines is 1. The number of nitrogens with one attached hydrogen (secondary N) is 1. The lowest BCUT2D eigenvalue weighted by molar-refractivity contribution is -0.144. The average molecular weight is 468 g/mol. The van der Waals surface area contributed by atoms with Crippen molar-refractivity contribution in [3.05, 3.63) is 54.9 Å². The van der Waals surface area contributed by atoms with Gasteiger partial charge in [0.25, 0.3) is 10.0 Å². The number of aromatic amines is 1. The van der Waals surface area contributed by atoms with Crippen LogP contribution >= 0.6 is 0 Å². The number of hydrogen-bond acceptors (Lipinski definition) is 6. The summed E-state index contributed by atoms with van der Waals surface area (Å²) in [5.74, 6) is -0.209. The third kappa shape index (κ3) is 3.49. The lowest BCUT2D eigenvalue weighted by Gasteiger charge is -2.39. The van der Waals surface area contributed by atoms with Crippen molar-refractivity contribution in [3.8, 4) is 0 Å². The van der Waals surface area contributed by atoms with Crippen molar-refractivity contribution >= 4 is 32.5 Å². The highest BCUT2D eigenvalue weighted by Crippen LogP contribution is 2.38. The van der Waals surface area contributed by atoms with Crippen LogP contribution in [0.2, 0.25) is 0 Å². The van der Waals surface area contributed by atoms with Crippen LogP contribution in [0.25, 0.3) is 10.9 Å². The van der Waals surface area contributed by atoms with Crippen LogP contribution in [0.5, 0.6) is 0 Å². The highest BCUT2D eigenvalue weighted by atomic mass is 32.2. The Morgan fingerprint density at radius 1 is 1.09 bits per heavy atom. The van der Waals surface area contributed by atoms with Gasteiger partial charge in [0, 0.05) is 42.1 Å². The zero-order valence-electron chi connectivity index (χ0n) is 18.1. The Bertz CT molecular complexity index is 1270. The number of nitrogens with zero attached hydrogens (tertiary/aromatic N) is 4. The Morgan fingerprint density at radius 2 is 1.85 bits per heavy atom. The monoisotopic (exact) mass is 467 g/mol. The minimum atomic E-state index is -3.85. The first-order chi connectivity index (χ1) is 15.9. The van der Waals surface area contributed by atoms with Crippen molar-refractivity contribution in [3.63, 3.8) is 0 Å². The average Bonchev–Trinajstić information content (AvgIpc) is 3.42. The van der Waals surface area contributed by atoms with Gasteiger partial charge in [-0.25, -0.2) is 8.42 Å². The van der Waals surface area contributed by atoms with Crippen LogP contribution < -0.4 is 4.90 Å². The highest BCUT2D eigenvalue weighted by Gasteiger charge is 2.52. The van der Waals surface area contributed by atoms with Crippen molar-refractivity contribution in [2.75, 3.05) is 37.6 Å². The van der Waals surface area contributed by atoms with Crippen LogP contribution in [0, 0.1) is 0 Å². The fourth-order valence-corrected chi connectivity index (χ4v) is 6.58. The zero-order chi connectivity index (χ0) is 22.6. The van der Waals surface area contributed by atoms with Crippen molar-refractivity contribution in [1.82, 2.24) is 19.2 Å². The number of carbonyl (C=O) groups excluding carboxylic acids is 1. The first-order valence-corrected chi connectivity index (χ1v) is 12.6. The number of para-hydroxylation sites is 1. The molecule has 1 amide bonds. The third-order valence-corrected chi connectivity index (χ3v) is 8.74. The Morgan fingerprint density at radius 3 is 2.61 bits per heavy atom. The van der Waals surface area contributed by atoms with Gasteiger partial charge < -0.3 is 19.5 Å². The van der Waals surface area contributed by atoms with Crippen LogP contribution in [0.15, 0.2) is 59.9 Å². The van der Waals surface area contributed by atoms with E-state index in [1.165, 1.54) is 4.31 Å². The number of sulfonamides is 1. The summed E-state index contributed by atoms with van der Waals surface area (Å²) in [6, 6.07) is 13.0. The second-order valence-electron chi connectivity index (χ2n) is 8.99. The topological polar surface area (TPSA) is 98.8 Å². The summed E-state index contributed by atoms with van der Waals surface area (Å²) in [5, 5.41) is 0.918. The van der Waals surface area contributed by atoms with Crippen LogP contribution in [0.1, 0.15) is 12.8 Å². The SMILES string of the molecule is O=C1CN(S(=O)(=O)c2cc3ccccc3[nH]2)CC2OC3(CCN(c4ccncc4)CC3)CN12. The molecule has 6 rings (SSSR count). The number of amides is 1. The molecule has 0 radical (unpaired) electrons. The van der Waals surface area contributed by atoms with Gasteiger partial charge in [0.1, 0.15) is 11.3 Å². The smallest absolute Gasteiger partial charge is 0.259 e. The Labute approximate surface area is 192 Å². The van der Waals surface area contributed by atoms with E-state index in [1.807, 2.05) is 36.4 Å². The molecule has 3 saturated heterocycles. The van der Waals surface area contributed by atoms with Crippen molar-refractivity contribution in [1.29, 1.82) is 0 Å². The van der Waals surface area contributed by atoms with E-state index in [9.17, 15) is 13.2 Å². The molecule has 1 spiro atoms. The number of benzene rings is 1. The molecule has 1 N–H and O–H groups in total. The number of ether oxygens (including phenoxy) is 1. The summed E-state index contributed by atoms with van der Waals surface area (Å²) >= 11 is 0. The van der Waals surface area contributed by atoms with Crippen LogP contribution in [-0.4, -0.2) is 78.1 Å². The molecular weight excluding hydrogens is 442 g/mol. The Hall–Kier alpha value is -2.95. The van der Waals surface area contributed by atoms with Crippen LogP contribution in [0.4, 0.5) is 5.69 Å². The van der Waals surface area contributed by atoms with Gasteiger partial charge >= 0.3 is 0 Å². The van der Waals surface area contributed by atoms with E-state index in [0.29, 0.717) is 6.54 Å². The van der Waals surface area contributed by atoms with E-state index >= 15 is 0 Å². The van der Waals surface area contributed by atoms with Gasteiger partial charge in [0.05, 0.1) is 25.2 Å². The van der Waals surface area contributed by atoms with E-state index < -0.39 is 21.9 Å². The molecule has 0 bridgehead atoms. The van der Waals surface area contributed by atoms with Gasteiger partial charge in [-0.3, -0.25) is 9.78 Å². The molecule has 3 fully saturated rings. The third-order valence-electron chi connectivity index (χ3n) is 7.01. The second kappa shape index (κ2) is 7.54. The molecule has 10 heteroatoms. The lowest BCUT2D eigenvalue weighted by atomic mass is 9.91. The normalized spacial score (nSPS) is 23.4. The van der Waals surface area contributed by atoms with Gasteiger partial charge in [-0.05, 0) is 37.1 Å². The van der Waals surface area contributed by atoms with Crippen molar-refractivity contribution < 1.29 is 17.9 Å². The zero-order valence-corrected chi connectivity index (χ0v) is 18.9. The molecule has 3 aromatic rings. The predicted molar refractivity (Wildman–Crippen MR) is 122 cm³/mol. The molecule has 172 valence electrons. The summed E-state index contributed by atoms with van der Waals surface area (Å²) in [6.45, 7) is 2.11. The molecule has 33 heavy (non-hydrogen) atoms. The second-order valence-corrected chi connectivity index (χ2v) is 10.9. The number of carbonyl (C=O) groups is 1. The van der Waals surface area contributed by atoms with Gasteiger partial charge in [-0.15, -0.1) is 0 Å². The predicted octanol–water partition coefficient (Wildman–Crippen LogP) is 1.79. The molecule has 1 aromatic carbocycles. The van der Waals surface area contributed by atoms with Gasteiger partial charge in [-0.1, -0.05) is 18.2 Å². The molecule has 3 aliphatic heterocycles. The highest BCUT2D eigenvalue weighted by molar-refractivity contribution is 7.89. The van der Waals surface area contributed by atoms with Gasteiger partial charge in [0.2, 0.25) is 5.91 Å². The molecule has 5 heterocycles. The number of piperazine rings is 1. The molecule has 1 unspecified atom stereocenters. The number of hydrogen-bond donors (Lipinski definition) is 1. The van der Waals surface area contributed by atoms with Gasteiger partial charge in [-0.2, -0.15) is 4.31 Å². The van der Waals surface area contributed by atoms with Crippen LogP contribution in [-0.2, 0) is 19.6 Å². The number of rotatable bonds is 3. The Balaban J connectivity index is 1.19. The maximum atomic E-state index is 13.3.